The van der Waals surface area contributed by atoms with Crippen molar-refractivity contribution in [2.75, 3.05) is 11.9 Å². The summed E-state index contributed by atoms with van der Waals surface area (Å²) in [7, 11) is 0. The van der Waals surface area contributed by atoms with Gasteiger partial charge in [0.1, 0.15) is 0 Å². The van der Waals surface area contributed by atoms with Gasteiger partial charge in [-0.25, -0.2) is 0 Å². The number of nitrogens with one attached hydrogen (secondary N) is 2. The molecule has 1 aromatic carbocycles. The molecule has 1 aromatic rings. The summed E-state index contributed by atoms with van der Waals surface area (Å²) in [4.78, 5) is 23.0. The van der Waals surface area contributed by atoms with E-state index < -0.39 is 0 Å². The molecule has 2 rings (SSSR count). The molecular formula is C13H16N2O2. The summed E-state index contributed by atoms with van der Waals surface area (Å²) in [5.41, 5.74) is 2.32. The van der Waals surface area contributed by atoms with E-state index >= 15 is 0 Å². The van der Waals surface area contributed by atoms with Crippen LogP contribution in [0.2, 0.25) is 0 Å². The van der Waals surface area contributed by atoms with E-state index in [1.807, 2.05) is 13.8 Å². The molecule has 0 radical (unpaired) electrons. The lowest BCUT2D eigenvalue weighted by Gasteiger charge is -2.08. The minimum absolute atomic E-state index is 0.0141. The highest BCUT2D eigenvalue weighted by molar-refractivity contribution is 6.01. The lowest BCUT2D eigenvalue weighted by atomic mass is 10.1. The van der Waals surface area contributed by atoms with Gasteiger partial charge in [0.25, 0.3) is 5.91 Å². The number of amides is 2. The van der Waals surface area contributed by atoms with Crippen LogP contribution in [0.4, 0.5) is 5.69 Å². The molecule has 0 saturated heterocycles. The summed E-state index contributed by atoms with van der Waals surface area (Å²) in [6.07, 6.45) is 0.362. The second-order valence-electron chi connectivity index (χ2n) is 4.70. The molecule has 1 heterocycles. The van der Waals surface area contributed by atoms with Gasteiger partial charge in [0.15, 0.2) is 0 Å². The normalized spacial score (nSPS) is 13.5. The molecule has 1 aliphatic heterocycles. The Bertz CT molecular complexity index is 466. The molecule has 0 fully saturated rings. The van der Waals surface area contributed by atoms with E-state index in [0.717, 1.165) is 11.3 Å². The highest BCUT2D eigenvalue weighted by atomic mass is 16.2. The van der Waals surface area contributed by atoms with Crippen LogP contribution in [0.25, 0.3) is 0 Å². The number of hydrogen-bond acceptors (Lipinski definition) is 2. The van der Waals surface area contributed by atoms with Crippen LogP contribution in [-0.4, -0.2) is 18.4 Å². The molecule has 0 atom stereocenters. The van der Waals surface area contributed by atoms with Crippen molar-refractivity contribution in [3.63, 3.8) is 0 Å². The van der Waals surface area contributed by atoms with Crippen molar-refractivity contribution in [1.29, 1.82) is 0 Å². The number of carbonyl (C=O) groups excluding carboxylic acids is 2. The van der Waals surface area contributed by atoms with E-state index in [0.29, 0.717) is 24.4 Å². The predicted octanol–water partition coefficient (Wildman–Crippen LogP) is 1.57. The van der Waals surface area contributed by atoms with Crippen LogP contribution in [0.1, 0.15) is 29.8 Å². The Kier molecular flexibility index (Phi) is 3.13. The van der Waals surface area contributed by atoms with Crippen molar-refractivity contribution < 1.29 is 9.59 Å². The van der Waals surface area contributed by atoms with Gasteiger partial charge in [-0.2, -0.15) is 0 Å². The Morgan fingerprint density at radius 2 is 2.24 bits per heavy atom. The minimum atomic E-state index is -0.0825. The van der Waals surface area contributed by atoms with Crippen molar-refractivity contribution in [3.05, 3.63) is 29.3 Å². The lowest BCUT2D eigenvalue weighted by molar-refractivity contribution is -0.115. The molecule has 0 bridgehead atoms. The van der Waals surface area contributed by atoms with Gasteiger partial charge in [-0.1, -0.05) is 13.8 Å². The van der Waals surface area contributed by atoms with Crippen LogP contribution in [0.15, 0.2) is 18.2 Å². The van der Waals surface area contributed by atoms with Crippen molar-refractivity contribution in [1.82, 2.24) is 5.32 Å². The molecule has 4 nitrogen and oxygen atoms in total. The summed E-state index contributed by atoms with van der Waals surface area (Å²) in [6, 6.07) is 5.30. The molecule has 2 N–H and O–H groups in total. The smallest absolute Gasteiger partial charge is 0.251 e. The van der Waals surface area contributed by atoms with Crippen molar-refractivity contribution >= 4 is 17.5 Å². The Labute approximate surface area is 100 Å². The fourth-order valence-corrected chi connectivity index (χ4v) is 1.77. The summed E-state index contributed by atoms with van der Waals surface area (Å²) >= 11 is 0. The van der Waals surface area contributed by atoms with Crippen LogP contribution in [0.5, 0.6) is 0 Å². The molecule has 0 saturated carbocycles. The largest absolute Gasteiger partial charge is 0.352 e. The lowest BCUT2D eigenvalue weighted by Crippen LogP contribution is -2.27. The molecular weight excluding hydrogens is 216 g/mol. The Morgan fingerprint density at radius 3 is 2.94 bits per heavy atom. The first kappa shape index (κ1) is 11.6. The summed E-state index contributed by atoms with van der Waals surface area (Å²) in [5.74, 6) is 0.331. The number of hydrogen-bond donors (Lipinski definition) is 2. The fourth-order valence-electron chi connectivity index (χ4n) is 1.77. The maximum absolute atomic E-state index is 11.8. The van der Waals surface area contributed by atoms with Gasteiger partial charge in [0.2, 0.25) is 5.91 Å². The van der Waals surface area contributed by atoms with Gasteiger partial charge in [-0.15, -0.1) is 0 Å². The Hall–Kier alpha value is -1.84. The van der Waals surface area contributed by atoms with E-state index in [2.05, 4.69) is 10.6 Å². The Balaban J connectivity index is 2.10. The van der Waals surface area contributed by atoms with Gasteiger partial charge in [-0.05, 0) is 29.7 Å². The molecule has 90 valence electrons. The third-order valence-corrected chi connectivity index (χ3v) is 2.66. The van der Waals surface area contributed by atoms with Gasteiger partial charge in [-0.3, -0.25) is 9.59 Å². The fraction of sp³-hybridized carbons (Fsp3) is 0.385. The zero-order valence-corrected chi connectivity index (χ0v) is 10.0. The van der Waals surface area contributed by atoms with E-state index in [1.54, 1.807) is 18.2 Å². The van der Waals surface area contributed by atoms with Crippen LogP contribution >= 0.6 is 0 Å². The van der Waals surface area contributed by atoms with Crippen molar-refractivity contribution in [2.45, 2.75) is 20.3 Å². The van der Waals surface area contributed by atoms with Gasteiger partial charge in [0, 0.05) is 17.8 Å². The molecule has 0 spiro atoms. The van der Waals surface area contributed by atoms with Gasteiger partial charge < -0.3 is 10.6 Å². The molecule has 0 aliphatic carbocycles. The maximum atomic E-state index is 11.8. The summed E-state index contributed by atoms with van der Waals surface area (Å²) < 4.78 is 0. The second-order valence-corrected chi connectivity index (χ2v) is 4.70. The number of carbonyl (C=O) groups is 2. The first-order valence-corrected chi connectivity index (χ1v) is 5.77. The third-order valence-electron chi connectivity index (χ3n) is 2.66. The first-order valence-electron chi connectivity index (χ1n) is 5.77. The van der Waals surface area contributed by atoms with E-state index in [-0.39, 0.29) is 11.8 Å². The minimum Gasteiger partial charge on any atom is -0.352 e. The van der Waals surface area contributed by atoms with Crippen molar-refractivity contribution in [3.8, 4) is 0 Å². The molecule has 1 aliphatic rings. The highest BCUT2D eigenvalue weighted by Crippen LogP contribution is 2.23. The highest BCUT2D eigenvalue weighted by Gasteiger charge is 2.18. The van der Waals surface area contributed by atoms with E-state index in [4.69, 9.17) is 0 Å². The van der Waals surface area contributed by atoms with Crippen LogP contribution in [0.3, 0.4) is 0 Å². The zero-order valence-electron chi connectivity index (χ0n) is 10.0. The van der Waals surface area contributed by atoms with Crippen molar-refractivity contribution in [2.24, 2.45) is 5.92 Å². The zero-order chi connectivity index (χ0) is 12.4. The summed E-state index contributed by atoms with van der Waals surface area (Å²) in [6.45, 7) is 4.75. The van der Waals surface area contributed by atoms with E-state index in [9.17, 15) is 9.59 Å². The summed E-state index contributed by atoms with van der Waals surface area (Å²) in [5, 5.41) is 5.60. The van der Waals surface area contributed by atoms with Crippen LogP contribution in [-0.2, 0) is 11.2 Å². The second kappa shape index (κ2) is 4.57. The number of rotatable bonds is 3. The maximum Gasteiger partial charge on any atom is 0.251 e. The number of benzene rings is 1. The van der Waals surface area contributed by atoms with E-state index in [1.165, 1.54) is 0 Å². The number of fused-ring (bicyclic) bond motifs is 1. The molecule has 0 unspecified atom stereocenters. The Morgan fingerprint density at radius 1 is 1.47 bits per heavy atom. The van der Waals surface area contributed by atoms with Crippen LogP contribution in [0, 0.1) is 5.92 Å². The number of anilines is 1. The first-order chi connectivity index (χ1) is 8.06. The molecule has 0 aromatic heterocycles. The molecule has 17 heavy (non-hydrogen) atoms. The average Bonchev–Trinajstić information content (AvgIpc) is 2.64. The van der Waals surface area contributed by atoms with Gasteiger partial charge >= 0.3 is 0 Å². The quantitative estimate of drug-likeness (QED) is 0.831. The topological polar surface area (TPSA) is 58.2 Å². The SMILES string of the molecule is CC(C)CNC(=O)c1ccc2c(c1)CC(=O)N2. The molecule has 4 heteroatoms. The predicted molar refractivity (Wildman–Crippen MR) is 65.9 cm³/mol. The molecule has 2 amide bonds. The van der Waals surface area contributed by atoms with Gasteiger partial charge in [0.05, 0.1) is 6.42 Å². The standard InChI is InChI=1S/C13H16N2O2/c1-8(2)7-14-13(17)9-3-4-11-10(5-9)6-12(16)15-11/h3-5,8H,6-7H2,1-2H3,(H,14,17)(H,15,16). The monoisotopic (exact) mass is 232 g/mol. The van der Waals surface area contributed by atoms with Crippen LogP contribution < -0.4 is 10.6 Å². The average molecular weight is 232 g/mol. The third kappa shape index (κ3) is 2.64.